The van der Waals surface area contributed by atoms with Crippen LogP contribution in [0.1, 0.15) is 49.7 Å². The molecule has 0 amide bonds. The first-order valence-corrected chi connectivity index (χ1v) is 16.2. The molecule has 39 heavy (non-hydrogen) atoms. The zero-order valence-corrected chi connectivity index (χ0v) is 25.2. The Morgan fingerprint density at radius 2 is 1.26 bits per heavy atom. The van der Waals surface area contributed by atoms with Crippen LogP contribution in [-0.4, -0.2) is 3.81 Å². The fraction of sp³-hybridized carbons (Fsp3) is 0.194. The Kier molecular flexibility index (Phi) is 8.90. The van der Waals surface area contributed by atoms with E-state index in [1.165, 1.54) is 71.0 Å². The van der Waals surface area contributed by atoms with Gasteiger partial charge in [0.25, 0.3) is 0 Å². The summed E-state index contributed by atoms with van der Waals surface area (Å²) in [6.45, 7) is 0. The summed E-state index contributed by atoms with van der Waals surface area (Å²) in [6, 6.07) is 34.1. The summed E-state index contributed by atoms with van der Waals surface area (Å²) in [5.41, 5.74) is 11.6. The summed E-state index contributed by atoms with van der Waals surface area (Å²) in [6.07, 6.45) is 16.2. The van der Waals surface area contributed by atoms with E-state index in [0.29, 0.717) is 0 Å². The van der Waals surface area contributed by atoms with Gasteiger partial charge in [-0.3, -0.25) is 0 Å². The molecular formula is C36H32Cl2Ti. The second-order valence-electron chi connectivity index (χ2n) is 10.7. The minimum Gasteiger partial charge on any atom is -1.00 e. The Labute approximate surface area is 251 Å². The first kappa shape index (κ1) is 28.1. The van der Waals surface area contributed by atoms with Gasteiger partial charge in [-0.2, -0.15) is 0 Å². The topological polar surface area (TPSA) is 0 Å². The van der Waals surface area contributed by atoms with Crippen molar-refractivity contribution in [2.24, 2.45) is 0 Å². The van der Waals surface area contributed by atoms with Crippen molar-refractivity contribution in [2.75, 3.05) is 0 Å². The van der Waals surface area contributed by atoms with Gasteiger partial charge in [-0.1, -0.05) is 0 Å². The zero-order chi connectivity index (χ0) is 24.6. The van der Waals surface area contributed by atoms with E-state index in [4.69, 9.17) is 0 Å². The Bertz CT molecular complexity index is 1570. The first-order chi connectivity index (χ1) is 18.4. The average molecular weight is 583 g/mol. The van der Waals surface area contributed by atoms with Gasteiger partial charge in [0.05, 0.1) is 0 Å². The molecule has 0 spiro atoms. The van der Waals surface area contributed by atoms with Gasteiger partial charge in [0, 0.05) is 0 Å². The van der Waals surface area contributed by atoms with Crippen LogP contribution in [0.5, 0.6) is 0 Å². The van der Waals surface area contributed by atoms with Crippen LogP contribution in [0.15, 0.2) is 113 Å². The second kappa shape index (κ2) is 12.4. The van der Waals surface area contributed by atoms with Crippen LogP contribution < -0.4 is 28.7 Å². The van der Waals surface area contributed by atoms with E-state index in [1.807, 2.05) is 3.81 Å². The first-order valence-electron chi connectivity index (χ1n) is 13.9. The molecule has 0 aromatic heterocycles. The van der Waals surface area contributed by atoms with E-state index < -0.39 is 17.4 Å². The third kappa shape index (κ3) is 5.33. The fourth-order valence-corrected chi connectivity index (χ4v) is 12.3. The van der Waals surface area contributed by atoms with Crippen molar-refractivity contribution >= 4 is 7.68 Å². The van der Waals surface area contributed by atoms with Crippen molar-refractivity contribution in [1.82, 2.24) is 0 Å². The maximum Gasteiger partial charge on any atom is -1.00 e. The van der Waals surface area contributed by atoms with Crippen molar-refractivity contribution < 1.29 is 42.2 Å². The molecule has 3 aliphatic carbocycles. The van der Waals surface area contributed by atoms with Crippen molar-refractivity contribution in [3.05, 3.63) is 124 Å². The summed E-state index contributed by atoms with van der Waals surface area (Å²) >= 11 is -1.85. The molecule has 0 heterocycles. The molecule has 4 aromatic rings. The maximum atomic E-state index is 2.49. The molecule has 1 fully saturated rings. The summed E-state index contributed by atoms with van der Waals surface area (Å²) in [5, 5.41) is 0. The predicted octanol–water partition coefficient (Wildman–Crippen LogP) is 2.82. The van der Waals surface area contributed by atoms with Crippen LogP contribution in [-0.2, 0) is 23.8 Å². The van der Waals surface area contributed by atoms with Gasteiger partial charge in [0.15, 0.2) is 0 Å². The minimum absolute atomic E-state index is 0. The summed E-state index contributed by atoms with van der Waals surface area (Å²) in [7, 11) is 0. The molecule has 0 unspecified atom stereocenters. The average Bonchev–Trinajstić information content (AvgIpc) is 3.63. The number of hydrogen-bond donors (Lipinski definition) is 0. The van der Waals surface area contributed by atoms with E-state index in [9.17, 15) is 0 Å². The Hall–Kier alpha value is -2.48. The maximum absolute atomic E-state index is 2.49. The zero-order valence-electron chi connectivity index (χ0n) is 22.1. The standard InChI is InChI=1S/C25H17.C6H10.C5H5.2ClH.Ti/c1-3-7-18(8-4-1)20-11-13-24-22(15-20)17-23-16-21(12-14-25(23)24)19-9-5-2-6-10-19;1-2-4-6-5-3-1;1-2-4-5-3-1;;;/h1-15H,17H2;1-5H2;1-3H,4H2;2*1H;/q;;;;;+2/p-2. The summed E-state index contributed by atoms with van der Waals surface area (Å²) in [4.78, 5) is 0. The van der Waals surface area contributed by atoms with Gasteiger partial charge in [0.1, 0.15) is 0 Å². The molecule has 0 radical (unpaired) electrons. The van der Waals surface area contributed by atoms with Crippen LogP contribution in [0.3, 0.4) is 0 Å². The molecule has 4 aromatic carbocycles. The van der Waals surface area contributed by atoms with Crippen molar-refractivity contribution in [3.63, 3.8) is 0 Å². The summed E-state index contributed by atoms with van der Waals surface area (Å²) in [5.74, 6) is 0. The van der Waals surface area contributed by atoms with Crippen LogP contribution in [0, 0.1) is 0 Å². The van der Waals surface area contributed by atoms with Crippen molar-refractivity contribution in [1.29, 1.82) is 0 Å². The second-order valence-corrected chi connectivity index (χ2v) is 14.7. The molecule has 0 nitrogen and oxygen atoms in total. The van der Waals surface area contributed by atoms with E-state index in [0.717, 1.165) is 12.8 Å². The number of hydrogen-bond acceptors (Lipinski definition) is 0. The largest absolute Gasteiger partial charge is 1.00 e. The van der Waals surface area contributed by atoms with Crippen molar-refractivity contribution in [3.8, 4) is 33.4 Å². The molecule has 194 valence electrons. The summed E-state index contributed by atoms with van der Waals surface area (Å²) < 4.78 is 5.42. The number of rotatable bonds is 4. The molecule has 0 atom stereocenters. The smallest absolute Gasteiger partial charge is 1.00 e. The predicted molar refractivity (Wildman–Crippen MR) is 155 cm³/mol. The van der Waals surface area contributed by atoms with Gasteiger partial charge in [-0.25, -0.2) is 0 Å². The van der Waals surface area contributed by atoms with E-state index in [1.54, 1.807) is 13.3 Å². The van der Waals surface area contributed by atoms with E-state index in [-0.39, 0.29) is 24.8 Å². The number of benzene rings is 4. The fourth-order valence-electron chi connectivity index (χ4n) is 6.66. The molecule has 3 heteroatoms. The van der Waals surface area contributed by atoms with Gasteiger partial charge in [-0.15, -0.1) is 0 Å². The SMILES string of the molecule is C1=CC[C]([Ti+2](=[C]2CCCCC2)[c]2c(-c3ccccc3)ccc3c2Cc2cc(-c4ccccc4)ccc2-3)=C1.[Cl-].[Cl-]. The van der Waals surface area contributed by atoms with E-state index >= 15 is 0 Å². The molecule has 0 bridgehead atoms. The Balaban J connectivity index is 0.00000154. The Morgan fingerprint density at radius 3 is 1.95 bits per heavy atom. The number of fused-ring (bicyclic) bond motifs is 3. The third-order valence-electron chi connectivity index (χ3n) is 8.42. The van der Waals surface area contributed by atoms with Gasteiger partial charge >= 0.3 is 228 Å². The molecule has 0 N–H and O–H groups in total. The van der Waals surface area contributed by atoms with E-state index in [2.05, 4.69) is 109 Å². The van der Waals surface area contributed by atoms with Crippen LogP contribution in [0.2, 0.25) is 0 Å². The molecular weight excluding hydrogens is 551 g/mol. The Morgan fingerprint density at radius 1 is 0.590 bits per heavy atom. The van der Waals surface area contributed by atoms with Gasteiger partial charge in [0.2, 0.25) is 0 Å². The van der Waals surface area contributed by atoms with Gasteiger partial charge in [-0.05, 0) is 0 Å². The van der Waals surface area contributed by atoms with Crippen LogP contribution in [0.4, 0.5) is 0 Å². The molecule has 1 saturated carbocycles. The molecule has 0 saturated heterocycles. The molecule has 7 rings (SSSR count). The number of allylic oxidation sites excluding steroid dienone is 4. The quantitative estimate of drug-likeness (QED) is 0.286. The molecule has 0 aliphatic heterocycles. The van der Waals surface area contributed by atoms with Gasteiger partial charge < -0.3 is 24.8 Å². The van der Waals surface area contributed by atoms with Crippen molar-refractivity contribution in [2.45, 2.75) is 44.9 Å². The third-order valence-corrected chi connectivity index (χ3v) is 13.6. The monoisotopic (exact) mass is 582 g/mol. The molecule has 3 aliphatic rings. The minimum atomic E-state index is -1.85. The number of halogens is 2. The normalized spacial score (nSPS) is 14.8. The van der Waals surface area contributed by atoms with Crippen LogP contribution in [0.25, 0.3) is 33.4 Å². The van der Waals surface area contributed by atoms with Crippen LogP contribution >= 0.6 is 0 Å².